The third-order valence-electron chi connectivity index (χ3n) is 2.41. The van der Waals surface area contributed by atoms with E-state index in [0.717, 1.165) is 0 Å². The molecule has 2 N–H and O–H groups in total. The molecule has 0 aliphatic heterocycles. The second kappa shape index (κ2) is 7.01. The number of ether oxygens (including phenoxy) is 2. The first kappa shape index (κ1) is 18.8. The number of quaternary nitrogens is 1. The average molecular weight is 291 g/mol. The van der Waals surface area contributed by atoms with E-state index in [-0.39, 0.29) is 13.2 Å². The summed E-state index contributed by atoms with van der Waals surface area (Å²) in [5, 5.41) is 18.9. The molecule has 0 bridgehead atoms. The van der Waals surface area contributed by atoms with Crippen LogP contribution in [0.3, 0.4) is 0 Å². The molecule has 1 atom stereocenters. The SMILES string of the molecule is CC(C)(C)C(=O)OCC(COC(=O)C(C)(C)C)[NH+]([O-])O. The Morgan fingerprint density at radius 2 is 1.30 bits per heavy atom. The Labute approximate surface area is 119 Å². The van der Waals surface area contributed by atoms with Crippen molar-refractivity contribution < 1.29 is 29.5 Å². The summed E-state index contributed by atoms with van der Waals surface area (Å²) in [7, 11) is 0. The molecule has 118 valence electrons. The van der Waals surface area contributed by atoms with Crippen LogP contribution in [0.25, 0.3) is 0 Å². The lowest BCUT2D eigenvalue weighted by Gasteiger charge is -2.26. The molecule has 0 spiro atoms. The van der Waals surface area contributed by atoms with Gasteiger partial charge in [-0.25, -0.2) is 10.4 Å². The summed E-state index contributed by atoms with van der Waals surface area (Å²) >= 11 is 0. The van der Waals surface area contributed by atoms with E-state index in [1.165, 1.54) is 0 Å². The van der Waals surface area contributed by atoms with E-state index >= 15 is 0 Å². The number of carbonyl (C=O) groups excluding carboxylic acids is 2. The van der Waals surface area contributed by atoms with E-state index in [1.54, 1.807) is 41.5 Å². The standard InChI is InChI=1S/C13H25NO6/c1-12(2,3)10(15)19-7-9(14(17)18)8-20-11(16)13(4,5)6/h9,14,17H,7-8H2,1-6H3. The highest BCUT2D eigenvalue weighted by atomic mass is 16.8. The Hall–Kier alpha value is -1.18. The van der Waals surface area contributed by atoms with E-state index < -0.39 is 34.0 Å². The summed E-state index contributed by atoms with van der Waals surface area (Å²) < 4.78 is 9.87. The molecule has 1 unspecified atom stereocenters. The van der Waals surface area contributed by atoms with Crippen molar-refractivity contribution in [3.63, 3.8) is 0 Å². The molecule has 0 radical (unpaired) electrons. The highest BCUT2D eigenvalue weighted by molar-refractivity contribution is 5.75. The lowest BCUT2D eigenvalue weighted by molar-refractivity contribution is -1.07. The number of hydrogen-bond acceptors (Lipinski definition) is 6. The molecule has 0 aromatic carbocycles. The van der Waals surface area contributed by atoms with Crippen molar-refractivity contribution in [3.8, 4) is 0 Å². The van der Waals surface area contributed by atoms with Crippen LogP contribution in [0.2, 0.25) is 0 Å². The number of nitrogens with one attached hydrogen (secondary N) is 1. The van der Waals surface area contributed by atoms with Crippen LogP contribution < -0.4 is 5.23 Å². The highest BCUT2D eigenvalue weighted by Crippen LogP contribution is 2.16. The van der Waals surface area contributed by atoms with Crippen LogP contribution in [0.1, 0.15) is 41.5 Å². The van der Waals surface area contributed by atoms with Crippen molar-refractivity contribution in [2.45, 2.75) is 47.6 Å². The minimum Gasteiger partial charge on any atom is -0.600 e. The van der Waals surface area contributed by atoms with E-state index in [9.17, 15) is 14.8 Å². The Bertz CT molecular complexity index is 310. The zero-order valence-corrected chi connectivity index (χ0v) is 13.0. The molecule has 7 heteroatoms. The fourth-order valence-corrected chi connectivity index (χ4v) is 0.976. The first-order valence-corrected chi connectivity index (χ1v) is 6.43. The molecule has 7 nitrogen and oxygen atoms in total. The van der Waals surface area contributed by atoms with Gasteiger partial charge in [-0.3, -0.25) is 9.59 Å². The van der Waals surface area contributed by atoms with Crippen molar-refractivity contribution in [3.05, 3.63) is 5.21 Å². The molecule has 0 heterocycles. The summed E-state index contributed by atoms with van der Waals surface area (Å²) in [4.78, 5) is 23.1. The zero-order chi connectivity index (χ0) is 16.1. The maximum absolute atomic E-state index is 11.6. The van der Waals surface area contributed by atoms with Crippen LogP contribution in [-0.4, -0.2) is 36.4 Å². The molecule has 0 amide bonds. The summed E-state index contributed by atoms with van der Waals surface area (Å²) in [5.41, 5.74) is -1.41. The Balaban J connectivity index is 4.40. The summed E-state index contributed by atoms with van der Waals surface area (Å²) in [6.45, 7) is 9.39. The van der Waals surface area contributed by atoms with Gasteiger partial charge in [-0.2, -0.15) is 0 Å². The third kappa shape index (κ3) is 6.83. The molecule has 0 saturated carbocycles. The monoisotopic (exact) mass is 291 g/mol. The second-order valence-corrected chi connectivity index (χ2v) is 6.73. The minimum absolute atomic E-state index is 0.317. The van der Waals surface area contributed by atoms with Crippen molar-refractivity contribution in [2.24, 2.45) is 10.8 Å². The molecular weight excluding hydrogens is 266 g/mol. The van der Waals surface area contributed by atoms with Crippen LogP contribution in [-0.2, 0) is 19.1 Å². The minimum atomic E-state index is -1.17. The molecule has 0 aromatic rings. The summed E-state index contributed by atoms with van der Waals surface area (Å²) in [6, 6.07) is -1.06. The van der Waals surface area contributed by atoms with E-state index in [4.69, 9.17) is 14.7 Å². The van der Waals surface area contributed by atoms with Gasteiger partial charge >= 0.3 is 11.9 Å². The van der Waals surface area contributed by atoms with E-state index in [1.807, 2.05) is 0 Å². The smallest absolute Gasteiger partial charge is 0.311 e. The Kier molecular flexibility index (Phi) is 6.60. The first-order valence-electron chi connectivity index (χ1n) is 6.43. The summed E-state index contributed by atoms with van der Waals surface area (Å²) in [6.07, 6.45) is 0. The number of hydrogen-bond donors (Lipinski definition) is 2. The number of esters is 2. The Morgan fingerprint density at radius 1 is 1.00 bits per heavy atom. The fraction of sp³-hybridized carbons (Fsp3) is 0.846. The normalized spacial score (nSPS) is 14.1. The number of hydroxylamine groups is 2. The van der Waals surface area contributed by atoms with Crippen LogP contribution in [0.15, 0.2) is 0 Å². The number of carbonyl (C=O) groups is 2. The third-order valence-corrected chi connectivity index (χ3v) is 2.41. The predicted molar refractivity (Wildman–Crippen MR) is 70.7 cm³/mol. The summed E-state index contributed by atoms with van der Waals surface area (Å²) in [5.74, 6) is -0.989. The van der Waals surface area contributed by atoms with Gasteiger partial charge in [-0.15, -0.1) is 0 Å². The van der Waals surface area contributed by atoms with Gasteiger partial charge in [0.1, 0.15) is 13.2 Å². The largest absolute Gasteiger partial charge is 0.600 e. The predicted octanol–water partition coefficient (Wildman–Crippen LogP) is 0.306. The van der Waals surface area contributed by atoms with Gasteiger partial charge in [0.15, 0.2) is 6.04 Å². The molecule has 0 fully saturated rings. The van der Waals surface area contributed by atoms with Gasteiger partial charge in [0.2, 0.25) is 0 Å². The van der Waals surface area contributed by atoms with Gasteiger partial charge in [-0.05, 0) is 41.5 Å². The average Bonchev–Trinajstić information content (AvgIpc) is 2.24. The Morgan fingerprint density at radius 3 is 1.50 bits per heavy atom. The maximum Gasteiger partial charge on any atom is 0.311 e. The lowest BCUT2D eigenvalue weighted by Crippen LogP contribution is -3.10. The molecule has 0 rings (SSSR count). The number of rotatable bonds is 5. The van der Waals surface area contributed by atoms with Crippen molar-refractivity contribution >= 4 is 11.9 Å². The van der Waals surface area contributed by atoms with E-state index in [2.05, 4.69) is 0 Å². The molecular formula is C13H25NO6. The van der Waals surface area contributed by atoms with Gasteiger partial charge < -0.3 is 14.7 Å². The molecule has 0 aliphatic rings. The van der Waals surface area contributed by atoms with Gasteiger partial charge in [0.05, 0.1) is 10.8 Å². The van der Waals surface area contributed by atoms with Crippen LogP contribution in [0.4, 0.5) is 0 Å². The van der Waals surface area contributed by atoms with Gasteiger partial charge in [-0.1, -0.05) is 0 Å². The van der Waals surface area contributed by atoms with Gasteiger partial charge in [0, 0.05) is 0 Å². The molecule has 0 aliphatic carbocycles. The van der Waals surface area contributed by atoms with Crippen molar-refractivity contribution in [1.82, 2.24) is 0 Å². The van der Waals surface area contributed by atoms with Crippen LogP contribution in [0.5, 0.6) is 0 Å². The topological polar surface area (TPSA) is 100 Å². The highest BCUT2D eigenvalue weighted by Gasteiger charge is 2.29. The zero-order valence-electron chi connectivity index (χ0n) is 13.0. The lowest BCUT2D eigenvalue weighted by atomic mass is 9.97. The first-order chi connectivity index (χ1) is 8.85. The maximum atomic E-state index is 11.6. The van der Waals surface area contributed by atoms with Crippen LogP contribution >= 0.6 is 0 Å². The van der Waals surface area contributed by atoms with Crippen molar-refractivity contribution in [2.75, 3.05) is 13.2 Å². The molecule has 0 aromatic heterocycles. The van der Waals surface area contributed by atoms with Gasteiger partial charge in [0.25, 0.3) is 0 Å². The van der Waals surface area contributed by atoms with Crippen molar-refractivity contribution in [1.29, 1.82) is 0 Å². The quantitative estimate of drug-likeness (QED) is 0.558. The van der Waals surface area contributed by atoms with Crippen LogP contribution in [0, 0.1) is 16.0 Å². The molecule has 0 saturated heterocycles. The van der Waals surface area contributed by atoms with E-state index in [0.29, 0.717) is 0 Å². The second-order valence-electron chi connectivity index (χ2n) is 6.73. The fourth-order valence-electron chi connectivity index (χ4n) is 0.976. The molecule has 20 heavy (non-hydrogen) atoms.